The Morgan fingerprint density at radius 1 is 1.58 bits per heavy atom. The highest BCUT2D eigenvalue weighted by atomic mass is 35.5. The largest absolute Gasteiger partial charge is 0.460 e. The van der Waals surface area contributed by atoms with Gasteiger partial charge in [0.05, 0.1) is 0 Å². The van der Waals surface area contributed by atoms with Crippen LogP contribution in [-0.4, -0.2) is 18.0 Å². The Kier molecular flexibility index (Phi) is 6.48. The molecule has 0 radical (unpaired) electrons. The molecule has 0 saturated carbocycles. The second kappa shape index (κ2) is 6.92. The molecule has 0 spiro atoms. The predicted octanol–water partition coefficient (Wildman–Crippen LogP) is 2.29. The molecule has 0 aliphatic carbocycles. The standard InChI is InChI=1S/C9H13ClO2/c1-3-4-5-6-7-12-9(11)8(2)10/h3-6,8H,7H2,1-2H3/b4-3+,6-5-. The van der Waals surface area contributed by atoms with E-state index in [9.17, 15) is 4.79 Å². The summed E-state index contributed by atoms with van der Waals surface area (Å²) in [6.45, 7) is 3.77. The van der Waals surface area contributed by atoms with Crippen LogP contribution in [0.5, 0.6) is 0 Å². The SMILES string of the molecule is C/C=C/C=C\COC(=O)C(C)Cl. The van der Waals surface area contributed by atoms with Gasteiger partial charge in [-0.05, 0) is 19.9 Å². The van der Waals surface area contributed by atoms with Crippen LogP contribution in [0.25, 0.3) is 0 Å². The zero-order valence-electron chi connectivity index (χ0n) is 7.29. The van der Waals surface area contributed by atoms with Gasteiger partial charge in [0.25, 0.3) is 0 Å². The first-order chi connectivity index (χ1) is 5.68. The van der Waals surface area contributed by atoms with Gasteiger partial charge in [0.15, 0.2) is 0 Å². The second-order valence-electron chi connectivity index (χ2n) is 2.20. The van der Waals surface area contributed by atoms with Gasteiger partial charge in [-0.15, -0.1) is 11.6 Å². The zero-order chi connectivity index (χ0) is 9.40. The van der Waals surface area contributed by atoms with Crippen LogP contribution in [0.1, 0.15) is 13.8 Å². The van der Waals surface area contributed by atoms with Gasteiger partial charge in [-0.1, -0.05) is 18.2 Å². The van der Waals surface area contributed by atoms with E-state index in [1.54, 1.807) is 13.0 Å². The molecule has 1 unspecified atom stereocenters. The summed E-state index contributed by atoms with van der Waals surface area (Å²) in [7, 11) is 0. The summed E-state index contributed by atoms with van der Waals surface area (Å²) >= 11 is 5.46. The number of carbonyl (C=O) groups excluding carboxylic acids is 1. The highest BCUT2D eigenvalue weighted by molar-refractivity contribution is 6.29. The molecule has 0 aliphatic rings. The van der Waals surface area contributed by atoms with Crippen molar-refractivity contribution in [3.63, 3.8) is 0 Å². The van der Waals surface area contributed by atoms with Crippen molar-refractivity contribution < 1.29 is 9.53 Å². The summed E-state index contributed by atoms with van der Waals surface area (Å²) in [4.78, 5) is 10.8. The van der Waals surface area contributed by atoms with Crippen LogP contribution >= 0.6 is 11.6 Å². The fourth-order valence-corrected chi connectivity index (χ4v) is 0.553. The minimum absolute atomic E-state index is 0.278. The number of alkyl halides is 1. The second-order valence-corrected chi connectivity index (χ2v) is 2.85. The fraction of sp³-hybridized carbons (Fsp3) is 0.444. The monoisotopic (exact) mass is 188 g/mol. The van der Waals surface area contributed by atoms with Crippen LogP contribution in [0.15, 0.2) is 24.3 Å². The maximum absolute atomic E-state index is 10.8. The van der Waals surface area contributed by atoms with Crippen molar-refractivity contribution in [2.45, 2.75) is 19.2 Å². The molecule has 1 atom stereocenters. The molecule has 3 heteroatoms. The summed E-state index contributed by atoms with van der Waals surface area (Å²) in [6.07, 6.45) is 7.31. The van der Waals surface area contributed by atoms with Gasteiger partial charge in [0.2, 0.25) is 0 Å². The molecular weight excluding hydrogens is 176 g/mol. The number of hydrogen-bond acceptors (Lipinski definition) is 2. The van der Waals surface area contributed by atoms with Crippen molar-refractivity contribution in [1.29, 1.82) is 0 Å². The topological polar surface area (TPSA) is 26.3 Å². The van der Waals surface area contributed by atoms with E-state index >= 15 is 0 Å². The molecule has 0 heterocycles. The molecule has 0 aromatic rings. The molecular formula is C9H13ClO2. The van der Waals surface area contributed by atoms with E-state index in [1.807, 2.05) is 25.2 Å². The summed E-state index contributed by atoms with van der Waals surface area (Å²) < 4.78 is 4.76. The summed E-state index contributed by atoms with van der Waals surface area (Å²) in [5.74, 6) is -0.387. The lowest BCUT2D eigenvalue weighted by atomic mass is 10.4. The molecule has 0 saturated heterocycles. The Bertz CT molecular complexity index is 183. The first kappa shape index (κ1) is 11.2. The highest BCUT2D eigenvalue weighted by Gasteiger charge is 2.08. The predicted molar refractivity (Wildman–Crippen MR) is 50.2 cm³/mol. The Morgan fingerprint density at radius 3 is 2.75 bits per heavy atom. The van der Waals surface area contributed by atoms with Crippen LogP contribution in [0.3, 0.4) is 0 Å². The maximum Gasteiger partial charge on any atom is 0.324 e. The summed E-state index contributed by atoms with van der Waals surface area (Å²) in [5.41, 5.74) is 0. The molecule has 0 aromatic heterocycles. The first-order valence-electron chi connectivity index (χ1n) is 3.77. The minimum atomic E-state index is -0.569. The van der Waals surface area contributed by atoms with E-state index < -0.39 is 5.38 Å². The number of ether oxygens (including phenoxy) is 1. The quantitative estimate of drug-likeness (QED) is 0.385. The van der Waals surface area contributed by atoms with E-state index in [2.05, 4.69) is 0 Å². The van der Waals surface area contributed by atoms with Crippen LogP contribution in [-0.2, 0) is 9.53 Å². The smallest absolute Gasteiger partial charge is 0.324 e. The van der Waals surface area contributed by atoms with Crippen molar-refractivity contribution >= 4 is 17.6 Å². The molecule has 0 aliphatic heterocycles. The van der Waals surface area contributed by atoms with Gasteiger partial charge in [-0.2, -0.15) is 0 Å². The van der Waals surface area contributed by atoms with Gasteiger partial charge < -0.3 is 4.74 Å². The van der Waals surface area contributed by atoms with Gasteiger partial charge in [0.1, 0.15) is 12.0 Å². The van der Waals surface area contributed by atoms with Crippen molar-refractivity contribution in [2.75, 3.05) is 6.61 Å². The molecule has 0 N–H and O–H groups in total. The third kappa shape index (κ3) is 5.98. The number of esters is 1. The first-order valence-corrected chi connectivity index (χ1v) is 4.20. The Labute approximate surface area is 77.9 Å². The molecule has 0 fully saturated rings. The molecule has 68 valence electrons. The van der Waals surface area contributed by atoms with Crippen molar-refractivity contribution in [3.05, 3.63) is 24.3 Å². The van der Waals surface area contributed by atoms with Crippen LogP contribution < -0.4 is 0 Å². The molecule has 2 nitrogen and oxygen atoms in total. The molecule has 12 heavy (non-hydrogen) atoms. The highest BCUT2D eigenvalue weighted by Crippen LogP contribution is 1.96. The molecule has 0 aromatic carbocycles. The lowest BCUT2D eigenvalue weighted by Gasteiger charge is -2.01. The number of halogens is 1. The third-order valence-corrected chi connectivity index (χ3v) is 1.26. The van der Waals surface area contributed by atoms with Crippen molar-refractivity contribution in [3.8, 4) is 0 Å². The zero-order valence-corrected chi connectivity index (χ0v) is 8.04. The summed E-state index contributed by atoms with van der Waals surface area (Å²) in [5, 5.41) is -0.569. The number of allylic oxidation sites excluding steroid dienone is 3. The Hall–Kier alpha value is -0.760. The van der Waals surface area contributed by atoms with E-state index in [1.165, 1.54) is 0 Å². The third-order valence-electron chi connectivity index (χ3n) is 1.09. The van der Waals surface area contributed by atoms with Gasteiger partial charge in [0, 0.05) is 0 Å². The summed E-state index contributed by atoms with van der Waals surface area (Å²) in [6, 6.07) is 0. The van der Waals surface area contributed by atoms with E-state index in [0.717, 1.165) is 0 Å². The lowest BCUT2D eigenvalue weighted by molar-refractivity contribution is -0.141. The van der Waals surface area contributed by atoms with Crippen molar-refractivity contribution in [2.24, 2.45) is 0 Å². The molecule has 0 rings (SSSR count). The van der Waals surface area contributed by atoms with Gasteiger partial charge >= 0.3 is 5.97 Å². The normalized spacial score (nSPS) is 13.9. The van der Waals surface area contributed by atoms with E-state index in [4.69, 9.17) is 16.3 Å². The molecule has 0 bridgehead atoms. The maximum atomic E-state index is 10.8. The average molecular weight is 189 g/mol. The van der Waals surface area contributed by atoms with Crippen LogP contribution in [0, 0.1) is 0 Å². The van der Waals surface area contributed by atoms with Gasteiger partial charge in [-0.25, -0.2) is 0 Å². The number of rotatable bonds is 4. The molecule has 0 amide bonds. The minimum Gasteiger partial charge on any atom is -0.460 e. The number of hydrogen-bond donors (Lipinski definition) is 0. The van der Waals surface area contributed by atoms with Crippen LogP contribution in [0.4, 0.5) is 0 Å². The van der Waals surface area contributed by atoms with Gasteiger partial charge in [-0.3, -0.25) is 4.79 Å². The lowest BCUT2D eigenvalue weighted by Crippen LogP contribution is -2.14. The average Bonchev–Trinajstić information content (AvgIpc) is 2.03. The Morgan fingerprint density at radius 2 is 2.25 bits per heavy atom. The van der Waals surface area contributed by atoms with Crippen molar-refractivity contribution in [1.82, 2.24) is 0 Å². The van der Waals surface area contributed by atoms with E-state index in [-0.39, 0.29) is 12.6 Å². The van der Waals surface area contributed by atoms with Crippen LogP contribution in [0.2, 0.25) is 0 Å². The Balaban J connectivity index is 3.50. The van der Waals surface area contributed by atoms with E-state index in [0.29, 0.717) is 0 Å². The fourth-order valence-electron chi connectivity index (χ4n) is 0.490. The number of carbonyl (C=O) groups is 1.